The molecule has 0 aromatic heterocycles. The minimum atomic E-state index is -0.913. The van der Waals surface area contributed by atoms with Crippen LogP contribution in [0.25, 0.3) is 0 Å². The van der Waals surface area contributed by atoms with Crippen molar-refractivity contribution in [1.29, 1.82) is 0 Å². The SMILES string of the molecule is Cc1ccc(C(=O)N2CCSCC2CC(=O)O)c(O)c1. The van der Waals surface area contributed by atoms with Crippen molar-refractivity contribution in [2.45, 2.75) is 19.4 Å². The molecule has 108 valence electrons. The molecule has 1 saturated heterocycles. The molecule has 1 aromatic carbocycles. The predicted octanol–water partition coefficient (Wildman–Crippen LogP) is 1.73. The van der Waals surface area contributed by atoms with E-state index in [1.807, 2.05) is 6.92 Å². The first kappa shape index (κ1) is 14.7. The Morgan fingerprint density at radius 2 is 2.20 bits per heavy atom. The fourth-order valence-electron chi connectivity index (χ4n) is 2.27. The maximum atomic E-state index is 12.5. The van der Waals surface area contributed by atoms with Crippen LogP contribution in [0.1, 0.15) is 22.3 Å². The second-order valence-electron chi connectivity index (χ2n) is 4.85. The van der Waals surface area contributed by atoms with Crippen molar-refractivity contribution in [2.24, 2.45) is 0 Å². The van der Waals surface area contributed by atoms with Gasteiger partial charge in [-0.15, -0.1) is 0 Å². The Morgan fingerprint density at radius 3 is 2.85 bits per heavy atom. The van der Waals surface area contributed by atoms with Gasteiger partial charge >= 0.3 is 5.97 Å². The summed E-state index contributed by atoms with van der Waals surface area (Å²) < 4.78 is 0. The van der Waals surface area contributed by atoms with Gasteiger partial charge in [-0.05, 0) is 24.6 Å². The van der Waals surface area contributed by atoms with E-state index in [1.54, 1.807) is 28.8 Å². The third kappa shape index (κ3) is 3.25. The molecule has 0 aliphatic carbocycles. The number of carbonyl (C=O) groups excluding carboxylic acids is 1. The van der Waals surface area contributed by atoms with Crippen molar-refractivity contribution in [3.05, 3.63) is 29.3 Å². The summed E-state index contributed by atoms with van der Waals surface area (Å²) in [5, 5.41) is 18.8. The number of rotatable bonds is 3. The van der Waals surface area contributed by atoms with Crippen LogP contribution in [-0.2, 0) is 4.79 Å². The van der Waals surface area contributed by atoms with Crippen LogP contribution in [0.2, 0.25) is 0 Å². The number of aromatic hydroxyl groups is 1. The molecule has 1 aromatic rings. The summed E-state index contributed by atoms with van der Waals surface area (Å²) in [6.45, 7) is 2.34. The Labute approximate surface area is 121 Å². The molecular formula is C14H17NO4S. The second kappa shape index (κ2) is 6.17. The van der Waals surface area contributed by atoms with Gasteiger partial charge in [0.2, 0.25) is 0 Å². The lowest BCUT2D eigenvalue weighted by Gasteiger charge is -2.34. The summed E-state index contributed by atoms with van der Waals surface area (Å²) >= 11 is 1.65. The van der Waals surface area contributed by atoms with E-state index in [0.29, 0.717) is 12.3 Å². The Balaban J connectivity index is 2.22. The molecule has 5 nitrogen and oxygen atoms in total. The molecule has 1 fully saturated rings. The Bertz CT molecular complexity index is 532. The van der Waals surface area contributed by atoms with Gasteiger partial charge in [-0.2, -0.15) is 11.8 Å². The smallest absolute Gasteiger partial charge is 0.305 e. The zero-order valence-corrected chi connectivity index (χ0v) is 12.0. The lowest BCUT2D eigenvalue weighted by Crippen LogP contribution is -2.47. The van der Waals surface area contributed by atoms with Crippen LogP contribution in [0, 0.1) is 6.92 Å². The van der Waals surface area contributed by atoms with Crippen molar-refractivity contribution in [3.8, 4) is 5.75 Å². The molecule has 1 aliphatic heterocycles. The number of amides is 1. The molecule has 6 heteroatoms. The highest BCUT2D eigenvalue weighted by Crippen LogP contribution is 2.25. The van der Waals surface area contributed by atoms with E-state index in [2.05, 4.69) is 0 Å². The number of carbonyl (C=O) groups is 2. The van der Waals surface area contributed by atoms with Crippen LogP contribution in [0.3, 0.4) is 0 Å². The van der Waals surface area contributed by atoms with Gasteiger partial charge in [0.25, 0.3) is 5.91 Å². The van der Waals surface area contributed by atoms with Crippen molar-refractivity contribution < 1.29 is 19.8 Å². The molecule has 1 heterocycles. The average molecular weight is 295 g/mol. The second-order valence-corrected chi connectivity index (χ2v) is 6.00. The number of thioether (sulfide) groups is 1. The van der Waals surface area contributed by atoms with Gasteiger partial charge in [0.05, 0.1) is 18.0 Å². The number of hydrogen-bond acceptors (Lipinski definition) is 4. The van der Waals surface area contributed by atoms with Gasteiger partial charge in [0, 0.05) is 18.1 Å². The standard InChI is InChI=1S/C14H17NO4S/c1-9-2-3-11(12(16)6-9)14(19)15-4-5-20-8-10(15)7-13(17)18/h2-3,6,10,16H,4-5,7-8H2,1H3,(H,17,18). The molecule has 1 aliphatic rings. The first-order chi connectivity index (χ1) is 9.49. The van der Waals surface area contributed by atoms with Gasteiger partial charge in [-0.25, -0.2) is 0 Å². The molecule has 0 bridgehead atoms. The maximum absolute atomic E-state index is 12.5. The van der Waals surface area contributed by atoms with Gasteiger partial charge in [0.1, 0.15) is 5.75 Å². The highest BCUT2D eigenvalue weighted by Gasteiger charge is 2.30. The predicted molar refractivity (Wildman–Crippen MR) is 77.2 cm³/mol. The summed E-state index contributed by atoms with van der Waals surface area (Å²) in [4.78, 5) is 24.9. The summed E-state index contributed by atoms with van der Waals surface area (Å²) in [5.74, 6) is 0.138. The van der Waals surface area contributed by atoms with E-state index >= 15 is 0 Å². The number of benzene rings is 1. The zero-order valence-electron chi connectivity index (χ0n) is 11.2. The topological polar surface area (TPSA) is 77.8 Å². The van der Waals surface area contributed by atoms with E-state index in [-0.39, 0.29) is 29.7 Å². The summed E-state index contributed by atoms with van der Waals surface area (Å²) in [7, 11) is 0. The van der Waals surface area contributed by atoms with Crippen LogP contribution in [-0.4, -0.2) is 51.1 Å². The lowest BCUT2D eigenvalue weighted by molar-refractivity contribution is -0.138. The van der Waals surface area contributed by atoms with E-state index in [9.17, 15) is 14.7 Å². The van der Waals surface area contributed by atoms with E-state index < -0.39 is 5.97 Å². The maximum Gasteiger partial charge on any atom is 0.305 e. The number of phenols is 1. The van der Waals surface area contributed by atoms with Gasteiger partial charge in [-0.3, -0.25) is 9.59 Å². The molecule has 1 amide bonds. The van der Waals surface area contributed by atoms with Crippen LogP contribution in [0.5, 0.6) is 5.75 Å². The Morgan fingerprint density at radius 1 is 1.45 bits per heavy atom. The van der Waals surface area contributed by atoms with Crippen molar-refractivity contribution in [2.75, 3.05) is 18.1 Å². The van der Waals surface area contributed by atoms with Crippen LogP contribution in [0.15, 0.2) is 18.2 Å². The molecule has 0 radical (unpaired) electrons. The molecule has 2 N–H and O–H groups in total. The largest absolute Gasteiger partial charge is 0.507 e. The van der Waals surface area contributed by atoms with Crippen LogP contribution in [0.4, 0.5) is 0 Å². The minimum absolute atomic E-state index is 0.0534. The molecule has 20 heavy (non-hydrogen) atoms. The Hall–Kier alpha value is -1.69. The van der Waals surface area contributed by atoms with Crippen LogP contribution < -0.4 is 0 Å². The molecule has 0 spiro atoms. The van der Waals surface area contributed by atoms with Crippen LogP contribution >= 0.6 is 11.8 Å². The number of hydrogen-bond donors (Lipinski definition) is 2. The third-order valence-electron chi connectivity index (χ3n) is 3.28. The summed E-state index contributed by atoms with van der Waals surface area (Å²) in [5.41, 5.74) is 1.10. The monoisotopic (exact) mass is 295 g/mol. The number of nitrogens with zero attached hydrogens (tertiary/aromatic N) is 1. The number of phenolic OH excluding ortho intramolecular Hbond substituents is 1. The number of aryl methyl sites for hydroxylation is 1. The van der Waals surface area contributed by atoms with E-state index in [0.717, 1.165) is 11.3 Å². The summed E-state index contributed by atoms with van der Waals surface area (Å²) in [6, 6.07) is 4.57. The first-order valence-corrected chi connectivity index (χ1v) is 7.54. The molecule has 1 atom stereocenters. The average Bonchev–Trinajstić information content (AvgIpc) is 2.38. The zero-order chi connectivity index (χ0) is 14.7. The van der Waals surface area contributed by atoms with Crippen molar-refractivity contribution in [3.63, 3.8) is 0 Å². The molecule has 0 saturated carbocycles. The fourth-order valence-corrected chi connectivity index (χ4v) is 3.33. The lowest BCUT2D eigenvalue weighted by atomic mass is 10.1. The van der Waals surface area contributed by atoms with E-state index in [1.165, 1.54) is 6.07 Å². The highest BCUT2D eigenvalue weighted by atomic mass is 32.2. The molecule has 1 unspecified atom stereocenters. The minimum Gasteiger partial charge on any atom is -0.507 e. The number of carboxylic acids is 1. The van der Waals surface area contributed by atoms with E-state index in [4.69, 9.17) is 5.11 Å². The van der Waals surface area contributed by atoms with Gasteiger partial charge in [0.15, 0.2) is 0 Å². The van der Waals surface area contributed by atoms with Crippen molar-refractivity contribution in [1.82, 2.24) is 4.90 Å². The number of aliphatic carboxylic acids is 1. The normalized spacial score (nSPS) is 18.9. The fraction of sp³-hybridized carbons (Fsp3) is 0.429. The number of carboxylic acid groups (broad SMARTS) is 1. The van der Waals surface area contributed by atoms with Crippen molar-refractivity contribution >= 4 is 23.6 Å². The summed E-state index contributed by atoms with van der Waals surface area (Å²) in [6.07, 6.45) is -0.0641. The first-order valence-electron chi connectivity index (χ1n) is 6.39. The molecule has 2 rings (SSSR count). The third-order valence-corrected chi connectivity index (χ3v) is 4.37. The molecular weight excluding hydrogens is 278 g/mol. The quantitative estimate of drug-likeness (QED) is 0.888. The highest BCUT2D eigenvalue weighted by molar-refractivity contribution is 7.99. The van der Waals surface area contributed by atoms with Gasteiger partial charge < -0.3 is 15.1 Å². The van der Waals surface area contributed by atoms with Gasteiger partial charge in [-0.1, -0.05) is 6.07 Å². The Kier molecular flexibility index (Phi) is 4.54.